The van der Waals surface area contributed by atoms with Gasteiger partial charge in [-0.15, -0.1) is 0 Å². The van der Waals surface area contributed by atoms with Crippen LogP contribution in [0.15, 0.2) is 34.9 Å². The number of hydrogen-bond acceptors (Lipinski definition) is 5. The Bertz CT molecular complexity index is 683. The van der Waals surface area contributed by atoms with Crippen LogP contribution in [0.5, 0.6) is 0 Å². The molecule has 0 aliphatic heterocycles. The smallest absolute Gasteiger partial charge is 0.239 e. The Balaban J connectivity index is 1.68. The molecule has 1 heterocycles. The fraction of sp³-hybridized carbons (Fsp3) is 0.412. The molecule has 6 nitrogen and oxygen atoms in total. The maximum absolute atomic E-state index is 12.3. The lowest BCUT2D eigenvalue weighted by atomic mass is 10.1. The molecule has 0 saturated carbocycles. The standard InChI is InChI=1S/C17H21N3O3/c1-12-10-16(19-23-12)18-17(22)11-20(8-9-21)15-7-6-13-4-2-3-5-14(13)15/h2-5,10,15,21H,6-9,11H2,1H3,(H,18,19,22). The summed E-state index contributed by atoms with van der Waals surface area (Å²) in [4.78, 5) is 14.3. The Kier molecular flexibility index (Phi) is 4.73. The van der Waals surface area contributed by atoms with Crippen LogP contribution in [0.3, 0.4) is 0 Å². The van der Waals surface area contributed by atoms with Crippen molar-refractivity contribution in [3.63, 3.8) is 0 Å². The lowest BCUT2D eigenvalue weighted by Crippen LogP contribution is -2.37. The highest BCUT2D eigenvalue weighted by Gasteiger charge is 2.28. The maximum Gasteiger partial charge on any atom is 0.239 e. The number of fused-ring (bicyclic) bond motifs is 1. The fourth-order valence-corrected chi connectivity index (χ4v) is 3.18. The van der Waals surface area contributed by atoms with Crippen LogP contribution in [-0.4, -0.2) is 40.8 Å². The van der Waals surface area contributed by atoms with E-state index in [0.717, 1.165) is 12.8 Å². The Morgan fingerprint density at radius 1 is 1.48 bits per heavy atom. The van der Waals surface area contributed by atoms with Crippen molar-refractivity contribution in [3.8, 4) is 0 Å². The van der Waals surface area contributed by atoms with E-state index >= 15 is 0 Å². The summed E-state index contributed by atoms with van der Waals surface area (Å²) in [6.07, 6.45) is 1.97. The van der Waals surface area contributed by atoms with Gasteiger partial charge in [0.15, 0.2) is 5.82 Å². The van der Waals surface area contributed by atoms with E-state index in [1.807, 2.05) is 17.0 Å². The number of nitrogens with zero attached hydrogens (tertiary/aromatic N) is 2. The lowest BCUT2D eigenvalue weighted by Gasteiger charge is -2.28. The molecule has 122 valence electrons. The number of aryl methyl sites for hydroxylation is 2. The SMILES string of the molecule is Cc1cc(NC(=O)CN(CCO)C2CCc3ccccc32)no1. The van der Waals surface area contributed by atoms with Crippen molar-refractivity contribution in [1.29, 1.82) is 0 Å². The summed E-state index contributed by atoms with van der Waals surface area (Å²) in [5.41, 5.74) is 2.58. The van der Waals surface area contributed by atoms with Crippen molar-refractivity contribution in [3.05, 3.63) is 47.2 Å². The van der Waals surface area contributed by atoms with Crippen LogP contribution in [0.4, 0.5) is 5.82 Å². The van der Waals surface area contributed by atoms with E-state index in [-0.39, 0.29) is 25.1 Å². The molecule has 1 atom stereocenters. The predicted octanol–water partition coefficient (Wildman–Crippen LogP) is 1.90. The van der Waals surface area contributed by atoms with Crippen molar-refractivity contribution in [2.24, 2.45) is 0 Å². The molecular weight excluding hydrogens is 294 g/mol. The van der Waals surface area contributed by atoms with Gasteiger partial charge in [0.1, 0.15) is 5.76 Å². The minimum Gasteiger partial charge on any atom is -0.395 e. The van der Waals surface area contributed by atoms with Crippen molar-refractivity contribution in [1.82, 2.24) is 10.1 Å². The van der Waals surface area contributed by atoms with Gasteiger partial charge in [-0.3, -0.25) is 9.69 Å². The summed E-state index contributed by atoms with van der Waals surface area (Å²) in [5, 5.41) is 15.8. The lowest BCUT2D eigenvalue weighted by molar-refractivity contribution is -0.118. The number of carbonyl (C=O) groups excluding carboxylic acids is 1. The van der Waals surface area contributed by atoms with Crippen LogP contribution in [-0.2, 0) is 11.2 Å². The second kappa shape index (κ2) is 6.93. The average Bonchev–Trinajstić information content (AvgIpc) is 3.13. The number of aliphatic hydroxyl groups excluding tert-OH is 1. The topological polar surface area (TPSA) is 78.6 Å². The Labute approximate surface area is 135 Å². The first-order valence-corrected chi connectivity index (χ1v) is 7.83. The Morgan fingerprint density at radius 3 is 3.04 bits per heavy atom. The summed E-state index contributed by atoms with van der Waals surface area (Å²) in [5.74, 6) is 0.914. The van der Waals surface area contributed by atoms with Gasteiger partial charge in [-0.1, -0.05) is 29.4 Å². The highest BCUT2D eigenvalue weighted by molar-refractivity contribution is 5.91. The zero-order chi connectivity index (χ0) is 16.2. The van der Waals surface area contributed by atoms with E-state index < -0.39 is 0 Å². The molecule has 1 aromatic heterocycles. The minimum absolute atomic E-state index is 0.0228. The number of amides is 1. The van der Waals surface area contributed by atoms with Gasteiger partial charge >= 0.3 is 0 Å². The van der Waals surface area contributed by atoms with Crippen LogP contribution in [0, 0.1) is 6.92 Å². The van der Waals surface area contributed by atoms with Crippen molar-refractivity contribution in [2.45, 2.75) is 25.8 Å². The molecule has 0 saturated heterocycles. The molecule has 23 heavy (non-hydrogen) atoms. The molecule has 1 aliphatic carbocycles. The number of hydrogen-bond donors (Lipinski definition) is 2. The molecule has 1 aliphatic rings. The first-order chi connectivity index (χ1) is 11.2. The third kappa shape index (κ3) is 3.60. The summed E-state index contributed by atoms with van der Waals surface area (Å²) in [6.45, 7) is 2.47. The number of rotatable bonds is 6. The highest BCUT2D eigenvalue weighted by atomic mass is 16.5. The number of benzene rings is 1. The van der Waals surface area contributed by atoms with Crippen LogP contribution in [0.2, 0.25) is 0 Å². The molecule has 0 fully saturated rings. The van der Waals surface area contributed by atoms with Gasteiger partial charge in [0.2, 0.25) is 5.91 Å². The highest BCUT2D eigenvalue weighted by Crippen LogP contribution is 2.35. The molecule has 2 aromatic rings. The van der Waals surface area contributed by atoms with E-state index in [1.165, 1.54) is 11.1 Å². The zero-order valence-corrected chi connectivity index (χ0v) is 13.2. The quantitative estimate of drug-likeness (QED) is 0.851. The molecule has 0 spiro atoms. The fourth-order valence-electron chi connectivity index (χ4n) is 3.18. The van der Waals surface area contributed by atoms with Crippen molar-refractivity contribution in [2.75, 3.05) is 25.0 Å². The summed E-state index contributed by atoms with van der Waals surface area (Å²) in [6, 6.07) is 10.1. The number of carbonyl (C=O) groups is 1. The second-order valence-electron chi connectivity index (χ2n) is 5.82. The number of aliphatic hydroxyl groups is 1. The van der Waals surface area contributed by atoms with Gasteiger partial charge in [0, 0.05) is 18.7 Å². The molecule has 1 aromatic carbocycles. The van der Waals surface area contributed by atoms with Crippen LogP contribution in [0.1, 0.15) is 29.3 Å². The summed E-state index contributed by atoms with van der Waals surface area (Å²) < 4.78 is 4.95. The van der Waals surface area contributed by atoms with Crippen LogP contribution < -0.4 is 5.32 Å². The van der Waals surface area contributed by atoms with Crippen LogP contribution >= 0.6 is 0 Å². The normalized spacial score (nSPS) is 16.6. The molecule has 2 N–H and O–H groups in total. The van der Waals surface area contributed by atoms with Gasteiger partial charge in [-0.05, 0) is 30.9 Å². The minimum atomic E-state index is -0.156. The van der Waals surface area contributed by atoms with Gasteiger partial charge in [-0.25, -0.2) is 0 Å². The number of aromatic nitrogens is 1. The van der Waals surface area contributed by atoms with Gasteiger partial charge in [0.05, 0.1) is 13.2 Å². The van der Waals surface area contributed by atoms with Gasteiger partial charge in [0.25, 0.3) is 0 Å². The molecular formula is C17H21N3O3. The average molecular weight is 315 g/mol. The van der Waals surface area contributed by atoms with E-state index in [0.29, 0.717) is 18.1 Å². The van der Waals surface area contributed by atoms with E-state index in [4.69, 9.17) is 4.52 Å². The van der Waals surface area contributed by atoms with Crippen molar-refractivity contribution >= 4 is 11.7 Å². The van der Waals surface area contributed by atoms with E-state index in [1.54, 1.807) is 13.0 Å². The van der Waals surface area contributed by atoms with E-state index in [9.17, 15) is 9.90 Å². The number of nitrogens with one attached hydrogen (secondary N) is 1. The monoisotopic (exact) mass is 315 g/mol. The van der Waals surface area contributed by atoms with Crippen LogP contribution in [0.25, 0.3) is 0 Å². The largest absolute Gasteiger partial charge is 0.395 e. The molecule has 1 unspecified atom stereocenters. The summed E-state index contributed by atoms with van der Waals surface area (Å²) in [7, 11) is 0. The Morgan fingerprint density at radius 2 is 2.30 bits per heavy atom. The third-order valence-electron chi connectivity index (χ3n) is 4.17. The second-order valence-corrected chi connectivity index (χ2v) is 5.82. The maximum atomic E-state index is 12.3. The molecule has 0 bridgehead atoms. The van der Waals surface area contributed by atoms with E-state index in [2.05, 4.69) is 22.6 Å². The van der Waals surface area contributed by atoms with Gasteiger partial charge in [-0.2, -0.15) is 0 Å². The third-order valence-corrected chi connectivity index (χ3v) is 4.17. The molecule has 0 radical (unpaired) electrons. The molecule has 3 rings (SSSR count). The first-order valence-electron chi connectivity index (χ1n) is 7.83. The number of anilines is 1. The molecule has 6 heteroatoms. The molecule has 1 amide bonds. The first kappa shape index (κ1) is 15.7. The van der Waals surface area contributed by atoms with Gasteiger partial charge < -0.3 is 14.9 Å². The summed E-state index contributed by atoms with van der Waals surface area (Å²) >= 11 is 0. The zero-order valence-electron chi connectivity index (χ0n) is 13.2. The predicted molar refractivity (Wildman–Crippen MR) is 86.0 cm³/mol. The Hall–Kier alpha value is -2.18. The van der Waals surface area contributed by atoms with Crippen molar-refractivity contribution < 1.29 is 14.4 Å².